The summed E-state index contributed by atoms with van der Waals surface area (Å²) in [6, 6.07) is 9.91. The molecule has 11 heavy (non-hydrogen) atoms. The Kier molecular flexibility index (Phi) is 3.15. The fourth-order valence-corrected chi connectivity index (χ4v) is 0.806. The van der Waals surface area contributed by atoms with Crippen molar-refractivity contribution in [2.45, 2.75) is 6.42 Å². The molecule has 0 radical (unpaired) electrons. The number of nitrogens with one attached hydrogen (secondary N) is 1. The monoisotopic (exact) mass is 150 g/mol. The van der Waals surface area contributed by atoms with E-state index in [2.05, 4.69) is 5.10 Å². The second kappa shape index (κ2) is 4.46. The van der Waals surface area contributed by atoms with Crippen LogP contribution >= 0.6 is 0 Å². The highest BCUT2D eigenvalue weighted by Crippen LogP contribution is 1.96. The zero-order valence-electron chi connectivity index (χ0n) is 6.07. The van der Waals surface area contributed by atoms with E-state index >= 15 is 0 Å². The van der Waals surface area contributed by atoms with Crippen LogP contribution in [0.2, 0.25) is 0 Å². The Morgan fingerprint density at radius 3 is 2.73 bits per heavy atom. The maximum Gasteiger partial charge on any atom is 0.0311 e. The van der Waals surface area contributed by atoms with Crippen molar-refractivity contribution in [2.75, 3.05) is 0 Å². The Balaban J connectivity index is 2.45. The Morgan fingerprint density at radius 2 is 2.09 bits per heavy atom. The van der Waals surface area contributed by atoms with Crippen LogP contribution in [0, 0.1) is 0 Å². The third kappa shape index (κ3) is 2.82. The van der Waals surface area contributed by atoms with Gasteiger partial charge >= 0.3 is 0 Å². The van der Waals surface area contributed by atoms with E-state index in [0.717, 1.165) is 6.42 Å². The molecule has 0 saturated carbocycles. The topological polar surface area (TPSA) is 44.6 Å². The molecule has 0 fully saturated rings. The van der Waals surface area contributed by atoms with E-state index in [9.17, 15) is 0 Å². The predicted octanol–water partition coefficient (Wildman–Crippen LogP) is 1.19. The number of benzene rings is 1. The summed E-state index contributed by atoms with van der Waals surface area (Å²) in [5, 5.41) is 11.5. The van der Waals surface area contributed by atoms with Crippen LogP contribution in [0.1, 0.15) is 5.56 Å². The van der Waals surface area contributed by atoms with Crippen molar-refractivity contribution >= 4 is 6.21 Å². The second-order valence-corrected chi connectivity index (χ2v) is 2.10. The molecule has 1 aromatic rings. The lowest BCUT2D eigenvalue weighted by Gasteiger charge is -1.92. The Morgan fingerprint density at radius 1 is 1.36 bits per heavy atom. The number of hydrogen-bond acceptors (Lipinski definition) is 3. The third-order valence-corrected chi connectivity index (χ3v) is 1.32. The van der Waals surface area contributed by atoms with Crippen LogP contribution in [0.3, 0.4) is 0 Å². The van der Waals surface area contributed by atoms with Crippen LogP contribution < -0.4 is 5.59 Å². The molecule has 0 aliphatic heterocycles. The van der Waals surface area contributed by atoms with Gasteiger partial charge in [0.15, 0.2) is 0 Å². The average Bonchev–Trinajstić information content (AvgIpc) is 2.07. The molecule has 0 aliphatic rings. The lowest BCUT2D eigenvalue weighted by Crippen LogP contribution is -1.96. The molecule has 0 bridgehead atoms. The van der Waals surface area contributed by atoms with Gasteiger partial charge in [-0.3, -0.25) is 5.21 Å². The third-order valence-electron chi connectivity index (χ3n) is 1.32. The number of nitrogens with zero attached hydrogens (tertiary/aromatic N) is 1. The smallest absolute Gasteiger partial charge is 0.0311 e. The molecule has 58 valence electrons. The van der Waals surface area contributed by atoms with Gasteiger partial charge in [0.2, 0.25) is 0 Å². The molecule has 3 heteroatoms. The fourth-order valence-electron chi connectivity index (χ4n) is 0.806. The quantitative estimate of drug-likeness (QED) is 0.502. The molecule has 3 nitrogen and oxygen atoms in total. The van der Waals surface area contributed by atoms with E-state index < -0.39 is 0 Å². The molecule has 0 spiro atoms. The molecule has 0 heterocycles. The average molecular weight is 150 g/mol. The van der Waals surface area contributed by atoms with Crippen molar-refractivity contribution in [3.05, 3.63) is 35.9 Å². The maximum atomic E-state index is 8.10. The Bertz CT molecular complexity index is 221. The van der Waals surface area contributed by atoms with Crippen molar-refractivity contribution < 1.29 is 5.21 Å². The summed E-state index contributed by atoms with van der Waals surface area (Å²) in [4.78, 5) is 0. The van der Waals surface area contributed by atoms with Crippen LogP contribution in [0.5, 0.6) is 0 Å². The molecule has 2 N–H and O–H groups in total. The van der Waals surface area contributed by atoms with Crippen LogP contribution in [0.4, 0.5) is 0 Å². The number of hydrogen-bond donors (Lipinski definition) is 2. The number of hydrazone groups is 1. The number of rotatable bonds is 3. The molecule has 1 aromatic carbocycles. The largest absolute Gasteiger partial charge is 0.274 e. The van der Waals surface area contributed by atoms with Crippen molar-refractivity contribution in [1.82, 2.24) is 5.59 Å². The van der Waals surface area contributed by atoms with Crippen LogP contribution in [0.15, 0.2) is 35.4 Å². The van der Waals surface area contributed by atoms with E-state index in [-0.39, 0.29) is 0 Å². The summed E-state index contributed by atoms with van der Waals surface area (Å²) < 4.78 is 0. The first-order chi connectivity index (χ1) is 5.43. The predicted molar refractivity (Wildman–Crippen MR) is 43.6 cm³/mol. The van der Waals surface area contributed by atoms with Gasteiger partial charge in [0.1, 0.15) is 0 Å². The van der Waals surface area contributed by atoms with Gasteiger partial charge in [-0.15, -0.1) is 0 Å². The minimum absolute atomic E-state index is 0.731. The highest BCUT2D eigenvalue weighted by atomic mass is 16.5. The molecule has 0 unspecified atom stereocenters. The van der Waals surface area contributed by atoms with E-state index in [0.29, 0.717) is 0 Å². The summed E-state index contributed by atoms with van der Waals surface area (Å²) in [6.07, 6.45) is 2.34. The minimum Gasteiger partial charge on any atom is -0.274 e. The van der Waals surface area contributed by atoms with Gasteiger partial charge < -0.3 is 0 Å². The van der Waals surface area contributed by atoms with Crippen LogP contribution in [-0.2, 0) is 6.42 Å². The Hall–Kier alpha value is -1.35. The normalized spacial score (nSPS) is 10.3. The molecular weight excluding hydrogens is 140 g/mol. The zero-order valence-corrected chi connectivity index (χ0v) is 6.07. The van der Waals surface area contributed by atoms with Crippen molar-refractivity contribution in [1.29, 1.82) is 0 Å². The molecule has 1 rings (SSSR count). The summed E-state index contributed by atoms with van der Waals surface area (Å²) >= 11 is 0. The summed E-state index contributed by atoms with van der Waals surface area (Å²) in [6.45, 7) is 0. The van der Waals surface area contributed by atoms with Gasteiger partial charge in [-0.05, 0) is 5.56 Å². The van der Waals surface area contributed by atoms with Gasteiger partial charge in [0, 0.05) is 12.6 Å². The van der Waals surface area contributed by atoms with Gasteiger partial charge in [-0.2, -0.15) is 10.7 Å². The molecule has 0 aliphatic carbocycles. The van der Waals surface area contributed by atoms with E-state index in [1.807, 2.05) is 30.3 Å². The molecule has 0 saturated heterocycles. The van der Waals surface area contributed by atoms with E-state index in [1.165, 1.54) is 5.56 Å². The van der Waals surface area contributed by atoms with Crippen molar-refractivity contribution in [3.63, 3.8) is 0 Å². The first kappa shape index (κ1) is 7.75. The van der Waals surface area contributed by atoms with Gasteiger partial charge in [-0.25, -0.2) is 0 Å². The molecule has 0 aromatic heterocycles. The fraction of sp³-hybridized carbons (Fsp3) is 0.125. The summed E-state index contributed by atoms with van der Waals surface area (Å²) in [5.41, 5.74) is 2.88. The highest BCUT2D eigenvalue weighted by Gasteiger charge is 1.84. The van der Waals surface area contributed by atoms with Crippen molar-refractivity contribution in [3.8, 4) is 0 Å². The van der Waals surface area contributed by atoms with Crippen LogP contribution in [0.25, 0.3) is 0 Å². The highest BCUT2D eigenvalue weighted by molar-refractivity contribution is 5.60. The maximum absolute atomic E-state index is 8.10. The standard InChI is InChI=1S/C8H10N2O/c11-10-9-7-6-8-4-2-1-3-5-8/h1-5,7,10-11H,6H2. The summed E-state index contributed by atoms with van der Waals surface area (Å²) in [7, 11) is 0. The van der Waals surface area contributed by atoms with Crippen molar-refractivity contribution in [2.24, 2.45) is 5.10 Å². The molecule has 0 amide bonds. The molecule has 0 atom stereocenters. The summed E-state index contributed by atoms with van der Waals surface area (Å²) in [5.74, 6) is 0. The first-order valence-corrected chi connectivity index (χ1v) is 3.38. The van der Waals surface area contributed by atoms with Gasteiger partial charge in [-0.1, -0.05) is 30.3 Å². The minimum atomic E-state index is 0.731. The van der Waals surface area contributed by atoms with Gasteiger partial charge in [0.05, 0.1) is 0 Å². The van der Waals surface area contributed by atoms with Gasteiger partial charge in [0.25, 0.3) is 0 Å². The lowest BCUT2D eigenvalue weighted by atomic mass is 10.2. The van der Waals surface area contributed by atoms with Crippen LogP contribution in [-0.4, -0.2) is 11.4 Å². The SMILES string of the molecule is ONN=CCc1ccccc1. The second-order valence-electron chi connectivity index (χ2n) is 2.10. The Labute approximate surface area is 65.3 Å². The van der Waals surface area contributed by atoms with E-state index in [4.69, 9.17) is 5.21 Å². The first-order valence-electron chi connectivity index (χ1n) is 3.38. The zero-order chi connectivity index (χ0) is 7.94. The lowest BCUT2D eigenvalue weighted by molar-refractivity contribution is 0.172. The molecular formula is C8H10N2O. The van der Waals surface area contributed by atoms with E-state index in [1.54, 1.807) is 11.8 Å².